The van der Waals surface area contributed by atoms with E-state index in [1.54, 1.807) is 11.8 Å². The number of carbonyl (C=O) groups is 2. The summed E-state index contributed by atoms with van der Waals surface area (Å²) < 4.78 is 10.1. The van der Waals surface area contributed by atoms with Gasteiger partial charge in [0.25, 0.3) is 0 Å². The summed E-state index contributed by atoms with van der Waals surface area (Å²) in [7, 11) is 0. The smallest absolute Gasteiger partial charge is 0.409 e. The molecule has 1 saturated heterocycles. The van der Waals surface area contributed by atoms with Crippen LogP contribution in [-0.4, -0.2) is 48.4 Å². The molecule has 1 rings (SSSR count). The molecule has 0 atom stereocenters. The van der Waals surface area contributed by atoms with Gasteiger partial charge < -0.3 is 19.7 Å². The lowest BCUT2D eigenvalue weighted by molar-refractivity contribution is 0.0475. The molecule has 110 valence electrons. The predicted octanol–water partition coefficient (Wildman–Crippen LogP) is 2.13. The fraction of sp³-hybridized carbons (Fsp3) is 0.846. The topological polar surface area (TPSA) is 67.9 Å². The highest BCUT2D eigenvalue weighted by Crippen LogP contribution is 2.13. The van der Waals surface area contributed by atoms with Crippen LogP contribution in [0.3, 0.4) is 0 Å². The zero-order valence-electron chi connectivity index (χ0n) is 12.2. The maximum absolute atomic E-state index is 11.6. The molecule has 1 N–H and O–H groups in total. The Morgan fingerprint density at radius 2 is 1.84 bits per heavy atom. The van der Waals surface area contributed by atoms with Gasteiger partial charge in [0.15, 0.2) is 0 Å². The molecule has 1 aliphatic heterocycles. The second-order valence-corrected chi connectivity index (χ2v) is 5.61. The van der Waals surface area contributed by atoms with Gasteiger partial charge in [-0.2, -0.15) is 0 Å². The largest absolute Gasteiger partial charge is 0.450 e. The summed E-state index contributed by atoms with van der Waals surface area (Å²) in [5.74, 6) is 0. The van der Waals surface area contributed by atoms with Crippen molar-refractivity contribution in [3.8, 4) is 0 Å². The number of ether oxygens (including phenoxy) is 2. The highest BCUT2D eigenvalue weighted by Gasteiger charge is 2.26. The van der Waals surface area contributed by atoms with E-state index < -0.39 is 11.7 Å². The molecule has 6 nitrogen and oxygen atoms in total. The zero-order valence-corrected chi connectivity index (χ0v) is 12.2. The first-order chi connectivity index (χ1) is 8.81. The molecule has 2 amide bonds. The van der Waals surface area contributed by atoms with Crippen molar-refractivity contribution in [3.63, 3.8) is 0 Å². The predicted molar refractivity (Wildman–Crippen MR) is 71.0 cm³/mol. The number of hydrogen-bond donors (Lipinski definition) is 1. The van der Waals surface area contributed by atoms with Crippen molar-refractivity contribution in [1.29, 1.82) is 0 Å². The van der Waals surface area contributed by atoms with Crippen molar-refractivity contribution in [2.75, 3.05) is 19.7 Å². The van der Waals surface area contributed by atoms with Gasteiger partial charge >= 0.3 is 12.2 Å². The van der Waals surface area contributed by atoms with Gasteiger partial charge in [0.2, 0.25) is 0 Å². The molecule has 0 aromatic carbocycles. The van der Waals surface area contributed by atoms with Gasteiger partial charge in [0.05, 0.1) is 6.61 Å². The van der Waals surface area contributed by atoms with Crippen molar-refractivity contribution in [1.82, 2.24) is 10.2 Å². The van der Waals surface area contributed by atoms with Crippen LogP contribution in [0.15, 0.2) is 0 Å². The van der Waals surface area contributed by atoms with Crippen molar-refractivity contribution < 1.29 is 19.1 Å². The Labute approximate surface area is 114 Å². The maximum Gasteiger partial charge on any atom is 0.409 e. The summed E-state index contributed by atoms with van der Waals surface area (Å²) in [5.41, 5.74) is -0.490. The van der Waals surface area contributed by atoms with E-state index in [4.69, 9.17) is 9.47 Å². The number of likely N-dealkylation sites (tertiary alicyclic amines) is 1. The molecule has 1 aliphatic rings. The third kappa shape index (κ3) is 5.81. The molecular formula is C13H24N2O4. The minimum Gasteiger partial charge on any atom is -0.450 e. The number of rotatable bonds is 2. The standard InChI is InChI=1S/C13H24N2O4/c1-5-18-12(17)15-8-6-10(7-9-15)14-11(16)19-13(2,3)4/h10H,5-9H2,1-4H3,(H,14,16). The van der Waals surface area contributed by atoms with E-state index in [9.17, 15) is 9.59 Å². The Morgan fingerprint density at radius 1 is 1.26 bits per heavy atom. The van der Waals surface area contributed by atoms with Crippen LogP contribution in [0.5, 0.6) is 0 Å². The van der Waals surface area contributed by atoms with Crippen molar-refractivity contribution in [3.05, 3.63) is 0 Å². The number of nitrogens with one attached hydrogen (secondary N) is 1. The molecule has 19 heavy (non-hydrogen) atoms. The minimum atomic E-state index is -0.490. The van der Waals surface area contributed by atoms with Crippen LogP contribution in [0.4, 0.5) is 9.59 Å². The number of alkyl carbamates (subject to hydrolysis) is 1. The van der Waals surface area contributed by atoms with Gasteiger partial charge in [0.1, 0.15) is 5.60 Å². The quantitative estimate of drug-likeness (QED) is 0.836. The molecule has 6 heteroatoms. The highest BCUT2D eigenvalue weighted by molar-refractivity contribution is 5.69. The lowest BCUT2D eigenvalue weighted by Crippen LogP contribution is -2.47. The number of carbonyl (C=O) groups excluding carboxylic acids is 2. The third-order valence-corrected chi connectivity index (χ3v) is 2.74. The number of piperidine rings is 1. The lowest BCUT2D eigenvalue weighted by Gasteiger charge is -2.32. The van der Waals surface area contributed by atoms with E-state index in [-0.39, 0.29) is 12.1 Å². The molecule has 0 aromatic rings. The van der Waals surface area contributed by atoms with E-state index in [2.05, 4.69) is 5.32 Å². The van der Waals surface area contributed by atoms with Crippen LogP contribution in [-0.2, 0) is 9.47 Å². The maximum atomic E-state index is 11.6. The van der Waals surface area contributed by atoms with Crippen LogP contribution < -0.4 is 5.32 Å². The number of amides is 2. The van der Waals surface area contributed by atoms with E-state index in [0.717, 1.165) is 12.8 Å². The van der Waals surface area contributed by atoms with Gasteiger partial charge in [-0.05, 0) is 40.5 Å². The molecule has 0 radical (unpaired) electrons. The van der Waals surface area contributed by atoms with Crippen molar-refractivity contribution in [2.45, 2.75) is 52.2 Å². The average molecular weight is 272 g/mol. The first kappa shape index (κ1) is 15.6. The van der Waals surface area contributed by atoms with Gasteiger partial charge in [-0.1, -0.05) is 0 Å². The summed E-state index contributed by atoms with van der Waals surface area (Å²) in [6.45, 7) is 8.85. The SMILES string of the molecule is CCOC(=O)N1CCC(NC(=O)OC(C)(C)C)CC1. The first-order valence-electron chi connectivity index (χ1n) is 6.73. The average Bonchev–Trinajstić information content (AvgIpc) is 2.27. The Morgan fingerprint density at radius 3 is 2.32 bits per heavy atom. The Bertz CT molecular complexity index is 317. The minimum absolute atomic E-state index is 0.0560. The fourth-order valence-electron chi connectivity index (χ4n) is 1.90. The van der Waals surface area contributed by atoms with E-state index in [1.807, 2.05) is 20.8 Å². The molecule has 0 unspecified atom stereocenters. The zero-order chi connectivity index (χ0) is 14.5. The number of hydrogen-bond acceptors (Lipinski definition) is 4. The van der Waals surface area contributed by atoms with Crippen LogP contribution in [0.2, 0.25) is 0 Å². The Balaban J connectivity index is 2.30. The van der Waals surface area contributed by atoms with Crippen LogP contribution in [0, 0.1) is 0 Å². The Hall–Kier alpha value is -1.46. The molecule has 0 spiro atoms. The monoisotopic (exact) mass is 272 g/mol. The summed E-state index contributed by atoms with van der Waals surface area (Å²) in [4.78, 5) is 24.8. The van der Waals surface area contributed by atoms with Crippen LogP contribution in [0.1, 0.15) is 40.5 Å². The van der Waals surface area contributed by atoms with E-state index >= 15 is 0 Å². The van der Waals surface area contributed by atoms with Gasteiger partial charge in [0, 0.05) is 19.1 Å². The third-order valence-electron chi connectivity index (χ3n) is 2.74. The van der Waals surface area contributed by atoms with E-state index in [0.29, 0.717) is 19.7 Å². The summed E-state index contributed by atoms with van der Waals surface area (Å²) in [5, 5.41) is 2.83. The van der Waals surface area contributed by atoms with Gasteiger partial charge in [-0.3, -0.25) is 0 Å². The molecular weight excluding hydrogens is 248 g/mol. The molecule has 0 aliphatic carbocycles. The van der Waals surface area contributed by atoms with Crippen molar-refractivity contribution in [2.24, 2.45) is 0 Å². The molecule has 1 fully saturated rings. The molecule has 0 aromatic heterocycles. The lowest BCUT2D eigenvalue weighted by atomic mass is 10.1. The first-order valence-corrected chi connectivity index (χ1v) is 6.73. The fourth-order valence-corrected chi connectivity index (χ4v) is 1.90. The van der Waals surface area contributed by atoms with E-state index in [1.165, 1.54) is 0 Å². The molecule has 0 saturated carbocycles. The van der Waals surface area contributed by atoms with Gasteiger partial charge in [-0.15, -0.1) is 0 Å². The van der Waals surface area contributed by atoms with Gasteiger partial charge in [-0.25, -0.2) is 9.59 Å². The summed E-state index contributed by atoms with van der Waals surface area (Å²) in [6.07, 6.45) is 0.760. The second-order valence-electron chi connectivity index (χ2n) is 5.61. The van der Waals surface area contributed by atoms with Crippen molar-refractivity contribution >= 4 is 12.2 Å². The second kappa shape index (κ2) is 6.63. The molecule has 1 heterocycles. The summed E-state index contributed by atoms with van der Waals surface area (Å²) >= 11 is 0. The normalized spacial score (nSPS) is 16.9. The highest BCUT2D eigenvalue weighted by atomic mass is 16.6. The number of nitrogens with zero attached hydrogens (tertiary/aromatic N) is 1. The van der Waals surface area contributed by atoms with Crippen LogP contribution in [0.25, 0.3) is 0 Å². The Kier molecular flexibility index (Phi) is 5.44. The summed E-state index contributed by atoms with van der Waals surface area (Å²) in [6, 6.07) is 0.0560. The van der Waals surface area contributed by atoms with Crippen LogP contribution >= 0.6 is 0 Å². The molecule has 0 bridgehead atoms.